The van der Waals surface area contributed by atoms with E-state index >= 15 is 0 Å². The number of nitrogens with two attached hydrogens (primary N) is 1. The first-order valence-corrected chi connectivity index (χ1v) is 6.70. The molecule has 3 rings (SSSR count). The summed E-state index contributed by atoms with van der Waals surface area (Å²) < 4.78 is 5.35. The molecule has 2 N–H and O–H groups in total. The summed E-state index contributed by atoms with van der Waals surface area (Å²) in [5, 5.41) is 0. The van der Waals surface area contributed by atoms with Gasteiger partial charge in [0.2, 0.25) is 0 Å². The van der Waals surface area contributed by atoms with Gasteiger partial charge in [0, 0.05) is 5.54 Å². The molecular formula is C15H21NO. The molecule has 2 heteroatoms. The van der Waals surface area contributed by atoms with Crippen LogP contribution in [0.2, 0.25) is 0 Å². The molecule has 0 unspecified atom stereocenters. The van der Waals surface area contributed by atoms with Crippen molar-refractivity contribution in [2.75, 3.05) is 7.11 Å². The number of ether oxygens (including phenoxy) is 1. The predicted octanol–water partition coefficient (Wildman–Crippen LogP) is 2.99. The molecule has 1 fully saturated rings. The molecule has 1 aromatic rings. The van der Waals surface area contributed by atoms with Crippen molar-refractivity contribution in [1.29, 1.82) is 0 Å². The lowest BCUT2D eigenvalue weighted by Gasteiger charge is -2.46. The zero-order valence-electron chi connectivity index (χ0n) is 10.5. The fraction of sp³-hybridized carbons (Fsp3) is 0.600. The van der Waals surface area contributed by atoms with Crippen molar-refractivity contribution in [1.82, 2.24) is 0 Å². The van der Waals surface area contributed by atoms with E-state index in [4.69, 9.17) is 10.5 Å². The van der Waals surface area contributed by atoms with E-state index in [1.807, 2.05) is 0 Å². The number of benzene rings is 1. The molecule has 0 amide bonds. The monoisotopic (exact) mass is 231 g/mol. The van der Waals surface area contributed by atoms with Gasteiger partial charge in [-0.05, 0) is 54.9 Å². The number of fused-ring (bicyclic) bond motifs is 3. The first kappa shape index (κ1) is 11.1. The maximum absolute atomic E-state index is 6.74. The molecule has 1 aromatic carbocycles. The number of aryl methyl sites for hydroxylation is 1. The van der Waals surface area contributed by atoms with Crippen molar-refractivity contribution in [3.05, 3.63) is 29.3 Å². The highest BCUT2D eigenvalue weighted by molar-refractivity contribution is 5.42. The van der Waals surface area contributed by atoms with Crippen LogP contribution in [0.15, 0.2) is 18.2 Å². The van der Waals surface area contributed by atoms with Crippen molar-refractivity contribution in [2.45, 2.75) is 44.1 Å². The fourth-order valence-corrected chi connectivity index (χ4v) is 3.69. The zero-order valence-corrected chi connectivity index (χ0v) is 10.5. The third-order valence-corrected chi connectivity index (χ3v) is 4.70. The zero-order chi connectivity index (χ0) is 11.9. The topological polar surface area (TPSA) is 35.2 Å². The maximum Gasteiger partial charge on any atom is 0.119 e. The average Bonchev–Trinajstić information content (AvgIpc) is 2.38. The first-order valence-electron chi connectivity index (χ1n) is 6.70. The van der Waals surface area contributed by atoms with Crippen molar-refractivity contribution < 1.29 is 4.74 Å². The van der Waals surface area contributed by atoms with Gasteiger partial charge in [0.05, 0.1) is 7.11 Å². The third kappa shape index (κ3) is 1.66. The average molecular weight is 231 g/mol. The normalized spacial score (nSPS) is 31.5. The second-order valence-electron chi connectivity index (χ2n) is 5.54. The van der Waals surface area contributed by atoms with E-state index in [2.05, 4.69) is 18.2 Å². The van der Waals surface area contributed by atoms with Crippen LogP contribution in [-0.2, 0) is 12.0 Å². The van der Waals surface area contributed by atoms with Crippen molar-refractivity contribution in [3.8, 4) is 5.75 Å². The van der Waals surface area contributed by atoms with Gasteiger partial charge in [0.25, 0.3) is 0 Å². The summed E-state index contributed by atoms with van der Waals surface area (Å²) in [5.74, 6) is 1.62. The van der Waals surface area contributed by atoms with Gasteiger partial charge >= 0.3 is 0 Å². The minimum Gasteiger partial charge on any atom is -0.497 e. The molecule has 92 valence electrons. The molecule has 0 aliphatic heterocycles. The van der Waals surface area contributed by atoms with Crippen LogP contribution in [0.3, 0.4) is 0 Å². The lowest BCUT2D eigenvalue weighted by atomic mass is 9.63. The number of hydrogen-bond donors (Lipinski definition) is 1. The van der Waals surface area contributed by atoms with Crippen LogP contribution < -0.4 is 10.5 Å². The SMILES string of the molecule is COc1ccc2c(c1)[C@]1(N)CCCC[C@@H]1CC2. The Morgan fingerprint density at radius 3 is 3.00 bits per heavy atom. The molecule has 2 atom stereocenters. The molecule has 0 aromatic heterocycles. The van der Waals surface area contributed by atoms with Crippen LogP contribution in [0.25, 0.3) is 0 Å². The molecule has 0 radical (unpaired) electrons. The Labute approximate surface area is 103 Å². The molecule has 0 saturated heterocycles. The quantitative estimate of drug-likeness (QED) is 0.806. The summed E-state index contributed by atoms with van der Waals surface area (Å²) in [4.78, 5) is 0. The second kappa shape index (κ2) is 4.02. The smallest absolute Gasteiger partial charge is 0.119 e. The van der Waals surface area contributed by atoms with Gasteiger partial charge in [0.15, 0.2) is 0 Å². The standard InChI is InChI=1S/C15H21NO/c1-17-13-8-6-11-5-7-12-4-2-3-9-15(12,16)14(11)10-13/h6,8,10,12H,2-5,7,9,16H2,1H3/t12-,15+/m1/s1. The minimum absolute atomic E-state index is 0.0830. The summed E-state index contributed by atoms with van der Waals surface area (Å²) in [6, 6.07) is 6.44. The van der Waals surface area contributed by atoms with Gasteiger partial charge < -0.3 is 10.5 Å². The Bertz CT molecular complexity index is 429. The van der Waals surface area contributed by atoms with Crippen LogP contribution in [0.4, 0.5) is 0 Å². The van der Waals surface area contributed by atoms with Crippen molar-refractivity contribution >= 4 is 0 Å². The van der Waals surface area contributed by atoms with E-state index in [1.54, 1.807) is 7.11 Å². The molecule has 0 spiro atoms. The van der Waals surface area contributed by atoms with E-state index in [1.165, 1.54) is 43.2 Å². The Kier molecular flexibility index (Phi) is 2.62. The van der Waals surface area contributed by atoms with Gasteiger partial charge in [0.1, 0.15) is 5.75 Å². The fourth-order valence-electron chi connectivity index (χ4n) is 3.69. The van der Waals surface area contributed by atoms with Crippen LogP contribution in [0.1, 0.15) is 43.2 Å². The third-order valence-electron chi connectivity index (χ3n) is 4.70. The Balaban J connectivity index is 2.08. The first-order chi connectivity index (χ1) is 8.24. The summed E-state index contributed by atoms with van der Waals surface area (Å²) in [6.07, 6.45) is 7.50. The molecule has 2 nitrogen and oxygen atoms in total. The summed E-state index contributed by atoms with van der Waals surface area (Å²) in [7, 11) is 1.73. The lowest BCUT2D eigenvalue weighted by molar-refractivity contribution is 0.165. The van der Waals surface area contributed by atoms with Gasteiger partial charge in [-0.2, -0.15) is 0 Å². The van der Waals surface area contributed by atoms with Crippen molar-refractivity contribution in [3.63, 3.8) is 0 Å². The maximum atomic E-state index is 6.74. The summed E-state index contributed by atoms with van der Waals surface area (Å²) >= 11 is 0. The van der Waals surface area contributed by atoms with Gasteiger partial charge in [-0.25, -0.2) is 0 Å². The molecule has 2 aliphatic rings. The number of methoxy groups -OCH3 is 1. The minimum atomic E-state index is -0.0830. The van der Waals surface area contributed by atoms with Crippen LogP contribution in [0.5, 0.6) is 5.75 Å². The highest BCUT2D eigenvalue weighted by Gasteiger charge is 2.42. The molecule has 0 bridgehead atoms. The second-order valence-corrected chi connectivity index (χ2v) is 5.54. The molecule has 2 aliphatic carbocycles. The Morgan fingerprint density at radius 2 is 2.18 bits per heavy atom. The van der Waals surface area contributed by atoms with E-state index in [-0.39, 0.29) is 5.54 Å². The van der Waals surface area contributed by atoms with Crippen LogP contribution in [0, 0.1) is 5.92 Å². The van der Waals surface area contributed by atoms with E-state index in [9.17, 15) is 0 Å². The summed E-state index contributed by atoms with van der Waals surface area (Å²) in [6.45, 7) is 0. The van der Waals surface area contributed by atoms with Crippen molar-refractivity contribution in [2.24, 2.45) is 11.7 Å². The molecule has 1 saturated carbocycles. The van der Waals surface area contributed by atoms with Crippen LogP contribution in [-0.4, -0.2) is 7.11 Å². The summed E-state index contributed by atoms with van der Waals surface area (Å²) in [5.41, 5.74) is 9.45. The molecule has 0 heterocycles. The van der Waals surface area contributed by atoms with E-state index in [0.29, 0.717) is 5.92 Å². The molecular weight excluding hydrogens is 210 g/mol. The number of rotatable bonds is 1. The number of hydrogen-bond acceptors (Lipinski definition) is 2. The predicted molar refractivity (Wildman–Crippen MR) is 69.1 cm³/mol. The van der Waals surface area contributed by atoms with Gasteiger partial charge in [-0.3, -0.25) is 0 Å². The Hall–Kier alpha value is -1.02. The highest BCUT2D eigenvalue weighted by Crippen LogP contribution is 2.47. The lowest BCUT2D eigenvalue weighted by Crippen LogP contribution is -2.49. The Morgan fingerprint density at radius 1 is 1.29 bits per heavy atom. The van der Waals surface area contributed by atoms with E-state index in [0.717, 1.165) is 12.2 Å². The highest BCUT2D eigenvalue weighted by atomic mass is 16.5. The molecule has 17 heavy (non-hydrogen) atoms. The van der Waals surface area contributed by atoms with E-state index < -0.39 is 0 Å². The van der Waals surface area contributed by atoms with Gasteiger partial charge in [-0.15, -0.1) is 0 Å². The van der Waals surface area contributed by atoms with Gasteiger partial charge in [-0.1, -0.05) is 18.9 Å². The van der Waals surface area contributed by atoms with Crippen LogP contribution >= 0.6 is 0 Å². The largest absolute Gasteiger partial charge is 0.497 e.